The van der Waals surface area contributed by atoms with Gasteiger partial charge in [-0.1, -0.05) is 101 Å². The first kappa shape index (κ1) is 39.2. The number of hydrogen-bond donors (Lipinski definition) is 2. The maximum atomic E-state index is 13.0. The molecule has 2 aromatic heterocycles. The number of methoxy groups -OCH3 is 1. The summed E-state index contributed by atoms with van der Waals surface area (Å²) < 4.78 is 19.3. The Labute approximate surface area is 315 Å². The molecule has 0 unspecified atom stereocenters. The van der Waals surface area contributed by atoms with Crippen LogP contribution in [0.15, 0.2) is 103 Å². The van der Waals surface area contributed by atoms with Crippen molar-refractivity contribution < 1.29 is 28.6 Å². The number of alkyl carbamates (subject to hydrolysis) is 2. The number of unbranched alkanes of at least 4 members (excludes halogenated alkanes) is 1. The molecule has 0 aliphatic carbocycles. The summed E-state index contributed by atoms with van der Waals surface area (Å²) in [6.45, 7) is 5.97. The van der Waals surface area contributed by atoms with Gasteiger partial charge in [0.05, 0.1) is 25.5 Å². The third-order valence-corrected chi connectivity index (χ3v) is 8.50. The molecule has 0 fully saturated rings. The Morgan fingerprint density at radius 1 is 0.722 bits per heavy atom. The smallest absolute Gasteiger partial charge is 0.408 e. The molecule has 3 atom stereocenters. The standard InChI is InChI=1S/C40H48N8O6/c1-40(2,3)54-39(51)42-32(22-14-15-23-41-38(50)53-28-31-20-12-7-13-21-31)33-26-47(45-43-33)35(24-29-16-8-5-9-17-29)34-27-48(46-44-34)36(37(49)52-4)25-30-18-10-6-11-19-30/h5-13,16-21,26-27,32,35-36H,14-15,22-25,28H2,1-4H3,(H,41,50)(H,42,51)/t32-,35-,36-/m0/s1. The molecule has 0 radical (unpaired) electrons. The lowest BCUT2D eigenvalue weighted by Gasteiger charge is -2.23. The van der Waals surface area contributed by atoms with Crippen LogP contribution < -0.4 is 10.6 Å². The molecule has 0 bridgehead atoms. The molecular weight excluding hydrogens is 688 g/mol. The predicted octanol–water partition coefficient (Wildman–Crippen LogP) is 6.32. The maximum Gasteiger partial charge on any atom is 0.408 e. The number of amides is 2. The number of carbonyl (C=O) groups is 3. The highest BCUT2D eigenvalue weighted by atomic mass is 16.6. The topological polar surface area (TPSA) is 164 Å². The van der Waals surface area contributed by atoms with Crippen LogP contribution in [0.2, 0.25) is 0 Å². The lowest BCUT2D eigenvalue weighted by Crippen LogP contribution is -2.35. The van der Waals surface area contributed by atoms with Crippen LogP contribution in [0.1, 0.15) is 86.2 Å². The zero-order chi connectivity index (χ0) is 38.3. The minimum atomic E-state index is -0.732. The fraction of sp³-hybridized carbons (Fsp3) is 0.375. The van der Waals surface area contributed by atoms with E-state index in [0.29, 0.717) is 50.0 Å². The second-order valence-electron chi connectivity index (χ2n) is 13.9. The van der Waals surface area contributed by atoms with Gasteiger partial charge in [0.15, 0.2) is 6.04 Å². The molecule has 0 aliphatic rings. The van der Waals surface area contributed by atoms with Gasteiger partial charge >= 0.3 is 18.2 Å². The Kier molecular flexibility index (Phi) is 13.9. The minimum absolute atomic E-state index is 0.186. The van der Waals surface area contributed by atoms with Gasteiger partial charge in [-0.3, -0.25) is 0 Å². The predicted molar refractivity (Wildman–Crippen MR) is 200 cm³/mol. The average Bonchev–Trinajstić information content (AvgIpc) is 3.86. The first-order valence-electron chi connectivity index (χ1n) is 18.0. The van der Waals surface area contributed by atoms with Crippen molar-refractivity contribution >= 4 is 18.2 Å². The number of ether oxygens (including phenoxy) is 3. The van der Waals surface area contributed by atoms with E-state index in [4.69, 9.17) is 14.2 Å². The second-order valence-corrected chi connectivity index (χ2v) is 13.9. The van der Waals surface area contributed by atoms with E-state index < -0.39 is 41.9 Å². The summed E-state index contributed by atoms with van der Waals surface area (Å²) in [7, 11) is 1.35. The van der Waals surface area contributed by atoms with E-state index in [1.807, 2.05) is 91.0 Å². The summed E-state index contributed by atoms with van der Waals surface area (Å²) in [4.78, 5) is 38.1. The van der Waals surface area contributed by atoms with Gasteiger partial charge in [0.25, 0.3) is 0 Å². The van der Waals surface area contributed by atoms with Crippen LogP contribution in [0.5, 0.6) is 0 Å². The van der Waals surface area contributed by atoms with Crippen LogP contribution in [0.3, 0.4) is 0 Å². The summed E-state index contributed by atoms with van der Waals surface area (Å²) in [6, 6.07) is 27.3. The summed E-state index contributed by atoms with van der Waals surface area (Å²) in [5.74, 6) is -0.437. The second kappa shape index (κ2) is 19.1. The highest BCUT2D eigenvalue weighted by Crippen LogP contribution is 2.26. The molecule has 2 N–H and O–H groups in total. The third-order valence-electron chi connectivity index (χ3n) is 8.50. The number of nitrogens with zero attached hydrogens (tertiary/aromatic N) is 6. The van der Waals surface area contributed by atoms with Crippen molar-refractivity contribution in [3.63, 3.8) is 0 Å². The van der Waals surface area contributed by atoms with E-state index in [9.17, 15) is 14.4 Å². The summed E-state index contributed by atoms with van der Waals surface area (Å²) in [6.07, 6.45) is 5.10. The molecule has 14 heteroatoms. The summed E-state index contributed by atoms with van der Waals surface area (Å²) in [5, 5.41) is 23.6. The van der Waals surface area contributed by atoms with Crippen LogP contribution in [0.25, 0.3) is 0 Å². The third kappa shape index (κ3) is 12.0. The first-order valence-corrected chi connectivity index (χ1v) is 18.0. The van der Waals surface area contributed by atoms with Crippen molar-refractivity contribution in [2.45, 2.75) is 83.2 Å². The lowest BCUT2D eigenvalue weighted by molar-refractivity contribution is -0.144. The van der Waals surface area contributed by atoms with Gasteiger partial charge in [-0.2, -0.15) is 0 Å². The van der Waals surface area contributed by atoms with Crippen LogP contribution in [0.4, 0.5) is 9.59 Å². The molecule has 2 heterocycles. The van der Waals surface area contributed by atoms with Crippen LogP contribution in [-0.2, 0) is 38.5 Å². The van der Waals surface area contributed by atoms with Gasteiger partial charge < -0.3 is 24.8 Å². The largest absolute Gasteiger partial charge is 0.467 e. The molecule has 54 heavy (non-hydrogen) atoms. The Hall–Kier alpha value is -6.05. The van der Waals surface area contributed by atoms with E-state index in [1.165, 1.54) is 11.8 Å². The van der Waals surface area contributed by atoms with E-state index in [0.717, 1.165) is 16.7 Å². The number of rotatable bonds is 17. The van der Waals surface area contributed by atoms with E-state index in [2.05, 4.69) is 31.3 Å². The highest BCUT2D eigenvalue weighted by Gasteiger charge is 2.28. The van der Waals surface area contributed by atoms with Gasteiger partial charge in [-0.05, 0) is 56.7 Å². The van der Waals surface area contributed by atoms with Gasteiger partial charge in [0.1, 0.15) is 29.6 Å². The highest BCUT2D eigenvalue weighted by molar-refractivity contribution is 5.74. The monoisotopic (exact) mass is 736 g/mol. The Morgan fingerprint density at radius 3 is 1.93 bits per heavy atom. The first-order chi connectivity index (χ1) is 26.1. The SMILES string of the molecule is COC(=O)[C@H](Cc1ccccc1)n1cc([C@H](Cc2ccccc2)n2cc([C@H](CCCCNC(=O)OCc3ccccc3)NC(=O)OC(C)(C)C)nn2)nn1. The summed E-state index contributed by atoms with van der Waals surface area (Å²) >= 11 is 0. The fourth-order valence-corrected chi connectivity index (χ4v) is 5.81. The minimum Gasteiger partial charge on any atom is -0.467 e. The van der Waals surface area contributed by atoms with Gasteiger partial charge in [-0.15, -0.1) is 10.2 Å². The Bertz CT molecular complexity index is 1910. The zero-order valence-corrected chi connectivity index (χ0v) is 31.1. The Balaban J connectivity index is 1.32. The summed E-state index contributed by atoms with van der Waals surface area (Å²) in [5.41, 5.74) is 3.28. The molecule has 3 aromatic carbocycles. The fourth-order valence-electron chi connectivity index (χ4n) is 5.81. The van der Waals surface area contributed by atoms with E-state index >= 15 is 0 Å². The molecule has 284 valence electrons. The molecule has 5 rings (SSSR count). The van der Waals surface area contributed by atoms with Gasteiger partial charge in [0, 0.05) is 19.4 Å². The van der Waals surface area contributed by atoms with Crippen molar-refractivity contribution in [3.05, 3.63) is 131 Å². The number of benzene rings is 3. The molecule has 5 aromatic rings. The molecular formula is C40H48N8O6. The van der Waals surface area contributed by atoms with Crippen molar-refractivity contribution in [2.24, 2.45) is 0 Å². The number of carbonyl (C=O) groups excluding carboxylic acids is 3. The molecule has 2 amide bonds. The van der Waals surface area contributed by atoms with E-state index in [1.54, 1.807) is 37.8 Å². The molecule has 0 saturated heterocycles. The maximum absolute atomic E-state index is 13.0. The van der Waals surface area contributed by atoms with Crippen LogP contribution in [-0.4, -0.2) is 67.4 Å². The lowest BCUT2D eigenvalue weighted by atomic mass is 10.0. The number of aromatic nitrogens is 6. The van der Waals surface area contributed by atoms with Gasteiger partial charge in [-0.25, -0.2) is 23.7 Å². The quantitative estimate of drug-likeness (QED) is 0.0627. The van der Waals surface area contributed by atoms with Crippen molar-refractivity contribution in [2.75, 3.05) is 13.7 Å². The Morgan fingerprint density at radius 2 is 1.30 bits per heavy atom. The normalized spacial score (nSPS) is 13.0. The van der Waals surface area contributed by atoms with Crippen LogP contribution >= 0.6 is 0 Å². The van der Waals surface area contributed by atoms with Crippen LogP contribution in [0, 0.1) is 0 Å². The molecule has 0 spiro atoms. The molecule has 0 saturated carbocycles. The molecule has 14 nitrogen and oxygen atoms in total. The van der Waals surface area contributed by atoms with E-state index in [-0.39, 0.29) is 6.61 Å². The number of esters is 1. The average molecular weight is 737 g/mol. The van der Waals surface area contributed by atoms with Crippen molar-refractivity contribution in [1.29, 1.82) is 0 Å². The van der Waals surface area contributed by atoms with Crippen molar-refractivity contribution in [1.82, 2.24) is 40.6 Å². The molecule has 0 aliphatic heterocycles. The van der Waals surface area contributed by atoms with Gasteiger partial charge in [0.2, 0.25) is 0 Å². The number of nitrogens with one attached hydrogen (secondary N) is 2. The zero-order valence-electron chi connectivity index (χ0n) is 31.1. The number of hydrogen-bond acceptors (Lipinski definition) is 10. The van der Waals surface area contributed by atoms with Crippen molar-refractivity contribution in [3.8, 4) is 0 Å².